The third-order valence-electron chi connectivity index (χ3n) is 2.83. The molecule has 0 atom stereocenters. The van der Waals surface area contributed by atoms with Gasteiger partial charge in [0.25, 0.3) is 0 Å². The maximum Gasteiger partial charge on any atom is 0.224 e. The lowest BCUT2D eigenvalue weighted by Crippen LogP contribution is -2.12. The number of carbonyl (C=O) groups excluding carboxylic acids is 1. The molecule has 1 N–H and O–H groups in total. The van der Waals surface area contributed by atoms with Crippen LogP contribution in [0.4, 0.5) is 14.5 Å². The van der Waals surface area contributed by atoms with E-state index in [9.17, 15) is 13.6 Å². The van der Waals surface area contributed by atoms with Crippen LogP contribution in [0.1, 0.15) is 12.0 Å². The zero-order valence-electron chi connectivity index (χ0n) is 10.8. The number of halogens is 4. The van der Waals surface area contributed by atoms with Crippen LogP contribution >= 0.6 is 31.9 Å². The highest BCUT2D eigenvalue weighted by molar-refractivity contribution is 9.11. The van der Waals surface area contributed by atoms with Crippen molar-refractivity contribution in [2.45, 2.75) is 12.8 Å². The molecule has 0 saturated carbocycles. The minimum atomic E-state index is -0.900. The number of aryl methyl sites for hydroxylation is 1. The van der Waals surface area contributed by atoms with Crippen LogP contribution < -0.4 is 5.32 Å². The van der Waals surface area contributed by atoms with Crippen molar-refractivity contribution < 1.29 is 13.6 Å². The van der Waals surface area contributed by atoms with Gasteiger partial charge in [0.15, 0.2) is 11.6 Å². The Morgan fingerprint density at radius 1 is 1.05 bits per heavy atom. The summed E-state index contributed by atoms with van der Waals surface area (Å²) in [4.78, 5) is 11.9. The van der Waals surface area contributed by atoms with Gasteiger partial charge in [-0.2, -0.15) is 0 Å². The van der Waals surface area contributed by atoms with E-state index in [1.807, 2.05) is 12.1 Å². The lowest BCUT2D eigenvalue weighted by molar-refractivity contribution is -0.116. The van der Waals surface area contributed by atoms with Gasteiger partial charge >= 0.3 is 0 Å². The Morgan fingerprint density at radius 2 is 1.81 bits per heavy atom. The molecule has 2 rings (SSSR count). The van der Waals surface area contributed by atoms with Crippen molar-refractivity contribution in [1.82, 2.24) is 0 Å². The number of amides is 1. The number of nitrogens with one attached hydrogen (secondary N) is 1. The summed E-state index contributed by atoms with van der Waals surface area (Å²) in [5.41, 5.74) is 1.23. The molecule has 0 aliphatic heterocycles. The van der Waals surface area contributed by atoms with Crippen LogP contribution in [0, 0.1) is 11.6 Å². The Kier molecular flexibility index (Phi) is 5.47. The van der Waals surface area contributed by atoms with Gasteiger partial charge in [0.2, 0.25) is 5.91 Å². The van der Waals surface area contributed by atoms with Crippen LogP contribution in [-0.2, 0) is 11.2 Å². The number of benzene rings is 2. The van der Waals surface area contributed by atoms with Crippen molar-refractivity contribution >= 4 is 43.5 Å². The minimum absolute atomic E-state index is 0.185. The second kappa shape index (κ2) is 7.13. The van der Waals surface area contributed by atoms with Gasteiger partial charge in [-0.25, -0.2) is 8.78 Å². The number of hydrogen-bond acceptors (Lipinski definition) is 1. The molecule has 0 saturated heterocycles. The topological polar surface area (TPSA) is 29.1 Å². The zero-order chi connectivity index (χ0) is 15.4. The predicted molar refractivity (Wildman–Crippen MR) is 85.2 cm³/mol. The average molecular weight is 419 g/mol. The smallest absolute Gasteiger partial charge is 0.224 e. The standard InChI is InChI=1S/C15H11Br2F2NO/c16-10-3-4-11(17)14(8-10)20-15(21)6-2-9-1-5-12(18)13(19)7-9/h1,3-5,7-8H,2,6H2,(H,20,21). The highest BCUT2D eigenvalue weighted by Crippen LogP contribution is 2.26. The second-order valence-electron chi connectivity index (χ2n) is 4.42. The Morgan fingerprint density at radius 3 is 2.52 bits per heavy atom. The van der Waals surface area contributed by atoms with Crippen LogP contribution in [0.25, 0.3) is 0 Å². The van der Waals surface area contributed by atoms with Crippen LogP contribution in [0.3, 0.4) is 0 Å². The molecule has 6 heteroatoms. The van der Waals surface area contributed by atoms with Crippen LogP contribution in [0.15, 0.2) is 45.3 Å². The molecular weight excluding hydrogens is 408 g/mol. The van der Waals surface area contributed by atoms with E-state index in [0.717, 1.165) is 21.1 Å². The second-order valence-corrected chi connectivity index (χ2v) is 6.19. The number of carbonyl (C=O) groups is 1. The minimum Gasteiger partial charge on any atom is -0.325 e. The van der Waals surface area contributed by atoms with Crippen molar-refractivity contribution in [3.63, 3.8) is 0 Å². The van der Waals surface area contributed by atoms with E-state index in [-0.39, 0.29) is 12.3 Å². The van der Waals surface area contributed by atoms with Crippen LogP contribution in [-0.4, -0.2) is 5.91 Å². The van der Waals surface area contributed by atoms with Gasteiger partial charge in [0.05, 0.1) is 5.69 Å². The van der Waals surface area contributed by atoms with Gasteiger partial charge < -0.3 is 5.32 Å². The molecule has 110 valence electrons. The molecule has 0 aliphatic rings. The van der Waals surface area contributed by atoms with Crippen molar-refractivity contribution in [2.24, 2.45) is 0 Å². The molecule has 2 aromatic rings. The first-order valence-corrected chi connectivity index (χ1v) is 7.73. The summed E-state index contributed by atoms with van der Waals surface area (Å²) < 4.78 is 27.5. The third-order valence-corrected chi connectivity index (χ3v) is 4.01. The molecule has 21 heavy (non-hydrogen) atoms. The molecule has 0 fully saturated rings. The van der Waals surface area contributed by atoms with E-state index >= 15 is 0 Å². The Bertz CT molecular complexity index is 677. The third kappa shape index (κ3) is 4.61. The Labute approximate surface area is 137 Å². The molecule has 0 heterocycles. The predicted octanol–water partition coefficient (Wildman–Crippen LogP) is 5.06. The normalized spacial score (nSPS) is 10.5. The van der Waals surface area contributed by atoms with Gasteiger partial charge in [0, 0.05) is 15.4 Å². The van der Waals surface area contributed by atoms with E-state index in [0.29, 0.717) is 17.7 Å². The highest BCUT2D eigenvalue weighted by atomic mass is 79.9. The monoisotopic (exact) mass is 417 g/mol. The highest BCUT2D eigenvalue weighted by Gasteiger charge is 2.08. The molecule has 2 aromatic carbocycles. The average Bonchev–Trinajstić information content (AvgIpc) is 2.44. The van der Waals surface area contributed by atoms with Crippen LogP contribution in [0.5, 0.6) is 0 Å². The number of rotatable bonds is 4. The molecule has 1 amide bonds. The van der Waals surface area contributed by atoms with Crippen molar-refractivity contribution in [3.8, 4) is 0 Å². The molecule has 0 spiro atoms. The van der Waals surface area contributed by atoms with E-state index in [4.69, 9.17) is 0 Å². The molecule has 0 aromatic heterocycles. The fourth-order valence-electron chi connectivity index (χ4n) is 1.76. The Balaban J connectivity index is 1.95. The summed E-state index contributed by atoms with van der Waals surface area (Å²) in [6.07, 6.45) is 0.526. The first kappa shape index (κ1) is 16.1. The number of anilines is 1. The first-order chi connectivity index (χ1) is 9.95. The molecule has 0 bridgehead atoms. The summed E-state index contributed by atoms with van der Waals surface area (Å²) >= 11 is 6.67. The Hall–Kier alpha value is -1.27. The van der Waals surface area contributed by atoms with Crippen LogP contribution in [0.2, 0.25) is 0 Å². The van der Waals surface area contributed by atoms with Gasteiger partial charge in [-0.3, -0.25) is 4.79 Å². The summed E-state index contributed by atoms with van der Waals surface area (Å²) in [5, 5.41) is 2.76. The van der Waals surface area contributed by atoms with Crippen molar-refractivity contribution in [3.05, 3.63) is 62.5 Å². The maximum atomic E-state index is 13.1. The van der Waals surface area contributed by atoms with E-state index < -0.39 is 11.6 Å². The summed E-state index contributed by atoms with van der Waals surface area (Å²) in [6.45, 7) is 0. The van der Waals surface area contributed by atoms with Crippen molar-refractivity contribution in [2.75, 3.05) is 5.32 Å². The molecule has 0 aliphatic carbocycles. The summed E-state index contributed by atoms with van der Waals surface area (Å²) in [5.74, 6) is -1.98. The zero-order valence-corrected chi connectivity index (χ0v) is 14.0. The van der Waals surface area contributed by atoms with E-state index in [1.165, 1.54) is 6.07 Å². The quantitative estimate of drug-likeness (QED) is 0.738. The SMILES string of the molecule is O=C(CCc1ccc(F)c(F)c1)Nc1cc(Br)ccc1Br. The van der Waals surface area contributed by atoms with E-state index in [2.05, 4.69) is 37.2 Å². The van der Waals surface area contributed by atoms with Gasteiger partial charge in [-0.15, -0.1) is 0 Å². The van der Waals surface area contributed by atoms with Gasteiger partial charge in [0.1, 0.15) is 0 Å². The molecule has 2 nitrogen and oxygen atoms in total. The lowest BCUT2D eigenvalue weighted by Gasteiger charge is -2.08. The number of hydrogen-bond donors (Lipinski definition) is 1. The maximum absolute atomic E-state index is 13.1. The first-order valence-electron chi connectivity index (χ1n) is 6.14. The largest absolute Gasteiger partial charge is 0.325 e. The summed E-state index contributed by atoms with van der Waals surface area (Å²) in [7, 11) is 0. The van der Waals surface area contributed by atoms with Gasteiger partial charge in [-0.05, 0) is 58.2 Å². The fraction of sp³-hybridized carbons (Fsp3) is 0.133. The van der Waals surface area contributed by atoms with Gasteiger partial charge in [-0.1, -0.05) is 22.0 Å². The molecule has 0 radical (unpaired) electrons. The molecular formula is C15H11Br2F2NO. The van der Waals surface area contributed by atoms with Crippen molar-refractivity contribution in [1.29, 1.82) is 0 Å². The fourth-order valence-corrected chi connectivity index (χ4v) is 2.47. The lowest BCUT2D eigenvalue weighted by atomic mass is 10.1. The summed E-state index contributed by atoms with van der Waals surface area (Å²) in [6, 6.07) is 9.08. The van der Waals surface area contributed by atoms with E-state index in [1.54, 1.807) is 6.07 Å². The molecule has 0 unspecified atom stereocenters.